The molecule has 1 atom stereocenters. The number of β-amino-alcohol motifs (C(OH)–C–C–N with tert-alkyl or cyclic N) is 1. The predicted molar refractivity (Wildman–Crippen MR) is 79.6 cm³/mol. The zero-order valence-electron chi connectivity index (χ0n) is 11.2. The molecule has 0 aliphatic carbocycles. The van der Waals surface area contributed by atoms with E-state index in [2.05, 4.69) is 26.1 Å². The molecule has 4 nitrogen and oxygen atoms in total. The maximum atomic E-state index is 10.3. The second-order valence-corrected chi connectivity index (χ2v) is 5.54. The van der Waals surface area contributed by atoms with Gasteiger partial charge in [-0.25, -0.2) is 0 Å². The smallest absolute Gasteiger partial charge is 0.133 e. The van der Waals surface area contributed by atoms with Crippen molar-refractivity contribution in [2.75, 3.05) is 39.3 Å². The van der Waals surface area contributed by atoms with Gasteiger partial charge in [0.1, 0.15) is 5.75 Å². The summed E-state index contributed by atoms with van der Waals surface area (Å²) in [5, 5.41) is 13.6. The second-order valence-electron chi connectivity index (χ2n) is 4.69. The number of nitrogens with zero attached hydrogens (tertiary/aromatic N) is 1. The van der Waals surface area contributed by atoms with Gasteiger partial charge in [0.2, 0.25) is 0 Å². The summed E-state index contributed by atoms with van der Waals surface area (Å²) in [6, 6.07) is 5.78. The Labute approximate surface area is 122 Å². The number of nitrogens with one attached hydrogen (secondary N) is 1. The molecule has 0 saturated carbocycles. The molecule has 106 valence electrons. The molecule has 1 fully saturated rings. The van der Waals surface area contributed by atoms with Crippen LogP contribution in [0.15, 0.2) is 22.7 Å². The molecule has 1 heterocycles. The van der Waals surface area contributed by atoms with Gasteiger partial charge >= 0.3 is 0 Å². The third-order valence-electron chi connectivity index (χ3n) is 3.28. The minimum atomic E-state index is -0.454. The molecule has 1 aromatic carbocycles. The Kier molecular flexibility index (Phi) is 5.63. The number of rotatable bonds is 5. The number of aliphatic hydroxyl groups is 1. The zero-order valence-corrected chi connectivity index (χ0v) is 12.8. The van der Waals surface area contributed by atoms with E-state index in [0.29, 0.717) is 13.2 Å². The van der Waals surface area contributed by atoms with Gasteiger partial charge in [-0.3, -0.25) is 4.90 Å². The van der Waals surface area contributed by atoms with Crippen LogP contribution in [-0.4, -0.2) is 49.3 Å². The maximum absolute atomic E-state index is 10.3. The van der Waals surface area contributed by atoms with E-state index in [-0.39, 0.29) is 0 Å². The van der Waals surface area contributed by atoms with Crippen molar-refractivity contribution in [2.45, 2.75) is 13.0 Å². The Morgan fingerprint density at radius 2 is 2.16 bits per heavy atom. The van der Waals surface area contributed by atoms with E-state index >= 15 is 0 Å². The molecule has 1 aromatic rings. The number of piperazine rings is 1. The summed E-state index contributed by atoms with van der Waals surface area (Å²) in [7, 11) is 0. The van der Waals surface area contributed by atoms with Crippen LogP contribution in [0.25, 0.3) is 0 Å². The van der Waals surface area contributed by atoms with Crippen LogP contribution in [0.5, 0.6) is 5.75 Å². The molecule has 0 aromatic heterocycles. The fourth-order valence-electron chi connectivity index (χ4n) is 2.24. The van der Waals surface area contributed by atoms with Crippen molar-refractivity contribution in [1.82, 2.24) is 10.2 Å². The molecule has 0 radical (unpaired) electrons. The van der Waals surface area contributed by atoms with Gasteiger partial charge in [-0.1, -0.05) is 6.07 Å². The van der Waals surface area contributed by atoms with E-state index in [0.717, 1.165) is 42.0 Å². The lowest BCUT2D eigenvalue weighted by Crippen LogP contribution is -2.44. The van der Waals surface area contributed by atoms with Gasteiger partial charge < -0.3 is 15.2 Å². The molecule has 0 spiro atoms. The predicted octanol–water partition coefficient (Wildman–Crippen LogP) is 1.79. The van der Waals surface area contributed by atoms with E-state index in [9.17, 15) is 5.11 Å². The fourth-order valence-corrected chi connectivity index (χ4v) is 2.75. The third-order valence-corrected chi connectivity index (χ3v) is 3.90. The zero-order chi connectivity index (χ0) is 13.7. The monoisotopic (exact) mass is 328 g/mol. The lowest BCUT2D eigenvalue weighted by atomic mass is 10.1. The molecule has 5 heteroatoms. The molecular weight excluding hydrogens is 308 g/mol. The highest BCUT2D eigenvalue weighted by Crippen LogP contribution is 2.28. The second kappa shape index (κ2) is 7.24. The van der Waals surface area contributed by atoms with Gasteiger partial charge in [0.25, 0.3) is 0 Å². The quantitative estimate of drug-likeness (QED) is 0.865. The number of hydrogen-bond donors (Lipinski definition) is 2. The minimum absolute atomic E-state index is 0.454. The van der Waals surface area contributed by atoms with Crippen LogP contribution in [0.2, 0.25) is 0 Å². The van der Waals surface area contributed by atoms with E-state index in [4.69, 9.17) is 4.74 Å². The van der Waals surface area contributed by atoms with E-state index in [1.54, 1.807) is 0 Å². The highest BCUT2D eigenvalue weighted by atomic mass is 79.9. The molecule has 1 unspecified atom stereocenters. The highest BCUT2D eigenvalue weighted by molar-refractivity contribution is 9.10. The standard InChI is InChI=1S/C14H21BrN2O2/c1-2-19-14-4-3-11(9-12(14)15)13(18)10-17-7-5-16-6-8-17/h3-4,9,13,16,18H,2,5-8,10H2,1H3. The lowest BCUT2D eigenvalue weighted by Gasteiger charge is -2.29. The average Bonchev–Trinajstić information content (AvgIpc) is 2.42. The maximum Gasteiger partial charge on any atom is 0.133 e. The first-order valence-electron chi connectivity index (χ1n) is 6.74. The Morgan fingerprint density at radius 3 is 2.79 bits per heavy atom. The highest BCUT2D eigenvalue weighted by Gasteiger charge is 2.16. The number of hydrogen-bond acceptors (Lipinski definition) is 4. The molecule has 0 amide bonds. The molecule has 2 rings (SSSR count). The molecule has 1 aliphatic heterocycles. The Morgan fingerprint density at radius 1 is 1.42 bits per heavy atom. The number of ether oxygens (including phenoxy) is 1. The Hall–Kier alpha value is -0.620. The van der Waals surface area contributed by atoms with Gasteiger partial charge in [0.05, 0.1) is 17.2 Å². The fraction of sp³-hybridized carbons (Fsp3) is 0.571. The largest absolute Gasteiger partial charge is 0.493 e. The summed E-state index contributed by atoms with van der Waals surface area (Å²) in [5.41, 5.74) is 0.925. The molecule has 19 heavy (non-hydrogen) atoms. The summed E-state index contributed by atoms with van der Waals surface area (Å²) < 4.78 is 6.37. The molecule has 1 aliphatic rings. The summed E-state index contributed by atoms with van der Waals surface area (Å²) >= 11 is 3.48. The van der Waals surface area contributed by atoms with Crippen molar-refractivity contribution in [3.63, 3.8) is 0 Å². The van der Waals surface area contributed by atoms with Crippen LogP contribution in [0, 0.1) is 0 Å². The van der Waals surface area contributed by atoms with Crippen LogP contribution in [0.4, 0.5) is 0 Å². The number of halogens is 1. The summed E-state index contributed by atoms with van der Waals surface area (Å²) in [6.45, 7) is 7.27. The first-order valence-corrected chi connectivity index (χ1v) is 7.53. The van der Waals surface area contributed by atoms with Crippen LogP contribution >= 0.6 is 15.9 Å². The number of aliphatic hydroxyl groups excluding tert-OH is 1. The van der Waals surface area contributed by atoms with E-state index in [1.165, 1.54) is 0 Å². The topological polar surface area (TPSA) is 44.7 Å². The van der Waals surface area contributed by atoms with Crippen molar-refractivity contribution >= 4 is 15.9 Å². The van der Waals surface area contributed by atoms with Gasteiger partial charge in [-0.2, -0.15) is 0 Å². The summed E-state index contributed by atoms with van der Waals surface area (Å²) in [5.74, 6) is 0.820. The number of benzene rings is 1. The van der Waals surface area contributed by atoms with Crippen LogP contribution in [0.3, 0.4) is 0 Å². The van der Waals surface area contributed by atoms with Crippen LogP contribution in [0.1, 0.15) is 18.6 Å². The Bertz CT molecular complexity index is 408. The van der Waals surface area contributed by atoms with Gasteiger partial charge in [0, 0.05) is 32.7 Å². The summed E-state index contributed by atoms with van der Waals surface area (Å²) in [4.78, 5) is 2.28. The van der Waals surface area contributed by atoms with E-state index in [1.807, 2.05) is 25.1 Å². The van der Waals surface area contributed by atoms with Crippen molar-refractivity contribution in [2.24, 2.45) is 0 Å². The summed E-state index contributed by atoms with van der Waals surface area (Å²) in [6.07, 6.45) is -0.454. The molecule has 1 saturated heterocycles. The molecule has 2 N–H and O–H groups in total. The van der Waals surface area contributed by atoms with Crippen molar-refractivity contribution in [1.29, 1.82) is 0 Å². The molecular formula is C14H21BrN2O2. The van der Waals surface area contributed by atoms with Crippen molar-refractivity contribution in [3.05, 3.63) is 28.2 Å². The molecule has 0 bridgehead atoms. The normalized spacial score (nSPS) is 18.3. The van der Waals surface area contributed by atoms with Gasteiger partial charge in [-0.05, 0) is 40.5 Å². The third kappa shape index (κ3) is 4.18. The van der Waals surface area contributed by atoms with Crippen LogP contribution < -0.4 is 10.1 Å². The lowest BCUT2D eigenvalue weighted by molar-refractivity contribution is 0.105. The average molecular weight is 329 g/mol. The first kappa shape index (κ1) is 14.8. The van der Waals surface area contributed by atoms with Crippen molar-refractivity contribution < 1.29 is 9.84 Å². The first-order chi connectivity index (χ1) is 9.20. The van der Waals surface area contributed by atoms with Crippen LogP contribution in [-0.2, 0) is 0 Å². The van der Waals surface area contributed by atoms with Crippen molar-refractivity contribution in [3.8, 4) is 5.75 Å². The SMILES string of the molecule is CCOc1ccc(C(O)CN2CCNCC2)cc1Br. The van der Waals surface area contributed by atoms with E-state index < -0.39 is 6.10 Å². The minimum Gasteiger partial charge on any atom is -0.493 e. The van der Waals surface area contributed by atoms with Gasteiger partial charge in [-0.15, -0.1) is 0 Å². The van der Waals surface area contributed by atoms with Gasteiger partial charge in [0.15, 0.2) is 0 Å². The Balaban J connectivity index is 1.98.